The minimum atomic E-state index is 0.0941. The van der Waals surface area contributed by atoms with Crippen molar-refractivity contribution in [1.29, 1.82) is 0 Å². The molecule has 4 nitrogen and oxygen atoms in total. The summed E-state index contributed by atoms with van der Waals surface area (Å²) < 4.78 is 5.62. The summed E-state index contributed by atoms with van der Waals surface area (Å²) in [6, 6.07) is 7.85. The Kier molecular flexibility index (Phi) is 3.92. The molecule has 1 aromatic heterocycles. The summed E-state index contributed by atoms with van der Waals surface area (Å²) in [5.41, 5.74) is 1.90. The number of carbonyl (C=O) groups is 1. The molecule has 1 amide bonds. The molecule has 0 spiro atoms. The minimum Gasteiger partial charge on any atom is -0.491 e. The van der Waals surface area contributed by atoms with Gasteiger partial charge in [-0.3, -0.25) is 4.79 Å². The summed E-state index contributed by atoms with van der Waals surface area (Å²) in [4.78, 5) is 16.2. The van der Waals surface area contributed by atoms with Gasteiger partial charge in [0, 0.05) is 16.9 Å². The van der Waals surface area contributed by atoms with Crippen LogP contribution in [0.1, 0.15) is 26.7 Å². The van der Waals surface area contributed by atoms with E-state index in [4.69, 9.17) is 4.74 Å². The Morgan fingerprint density at radius 2 is 2.05 bits per heavy atom. The largest absolute Gasteiger partial charge is 0.491 e. The minimum absolute atomic E-state index is 0.0941. The van der Waals surface area contributed by atoms with Crippen molar-refractivity contribution in [2.24, 2.45) is 5.92 Å². The Labute approximate surface area is 128 Å². The molecular weight excluding hydrogens is 284 g/mol. The van der Waals surface area contributed by atoms with Crippen LogP contribution in [-0.4, -0.2) is 17.0 Å². The Morgan fingerprint density at radius 1 is 1.33 bits per heavy atom. The van der Waals surface area contributed by atoms with E-state index in [1.165, 1.54) is 11.3 Å². The van der Waals surface area contributed by atoms with E-state index in [9.17, 15) is 4.79 Å². The van der Waals surface area contributed by atoms with Crippen LogP contribution in [0.5, 0.6) is 5.75 Å². The van der Waals surface area contributed by atoms with E-state index in [-0.39, 0.29) is 17.9 Å². The number of nitrogens with zero attached hydrogens (tertiary/aromatic N) is 1. The van der Waals surface area contributed by atoms with Crippen molar-refractivity contribution in [2.75, 3.05) is 5.32 Å². The van der Waals surface area contributed by atoms with Gasteiger partial charge in [0.15, 0.2) is 5.13 Å². The highest BCUT2D eigenvalue weighted by molar-refractivity contribution is 7.14. The zero-order chi connectivity index (χ0) is 14.8. The zero-order valence-corrected chi connectivity index (χ0v) is 12.9. The van der Waals surface area contributed by atoms with E-state index >= 15 is 0 Å². The number of amides is 1. The molecule has 0 aliphatic heterocycles. The normalized spacial score (nSPS) is 14.2. The van der Waals surface area contributed by atoms with Crippen LogP contribution in [0, 0.1) is 5.92 Å². The molecule has 1 saturated carbocycles. The van der Waals surface area contributed by atoms with Gasteiger partial charge in [-0.05, 0) is 51.0 Å². The molecule has 0 unspecified atom stereocenters. The molecule has 3 rings (SSSR count). The van der Waals surface area contributed by atoms with Gasteiger partial charge in [0.05, 0.1) is 11.8 Å². The van der Waals surface area contributed by atoms with E-state index in [1.807, 2.05) is 43.5 Å². The van der Waals surface area contributed by atoms with Crippen LogP contribution in [-0.2, 0) is 4.79 Å². The summed E-state index contributed by atoms with van der Waals surface area (Å²) >= 11 is 1.46. The van der Waals surface area contributed by atoms with Crippen LogP contribution in [0.4, 0.5) is 5.13 Å². The number of nitrogens with one attached hydrogen (secondary N) is 1. The second kappa shape index (κ2) is 5.85. The molecule has 1 N–H and O–H groups in total. The number of ether oxygens (including phenoxy) is 1. The third-order valence-electron chi connectivity index (χ3n) is 3.20. The van der Waals surface area contributed by atoms with Gasteiger partial charge in [-0.1, -0.05) is 0 Å². The van der Waals surface area contributed by atoms with Crippen LogP contribution in [0.2, 0.25) is 0 Å². The lowest BCUT2D eigenvalue weighted by atomic mass is 10.2. The van der Waals surface area contributed by atoms with Crippen LogP contribution < -0.4 is 10.1 Å². The lowest BCUT2D eigenvalue weighted by Crippen LogP contribution is -2.12. The van der Waals surface area contributed by atoms with Gasteiger partial charge in [-0.2, -0.15) is 0 Å². The fraction of sp³-hybridized carbons (Fsp3) is 0.375. The fourth-order valence-corrected chi connectivity index (χ4v) is 2.72. The Hall–Kier alpha value is -1.88. The molecule has 1 aromatic carbocycles. The number of carbonyl (C=O) groups excluding carboxylic acids is 1. The Bertz CT molecular complexity index is 630. The molecular formula is C16H18N2O2S. The van der Waals surface area contributed by atoms with E-state index in [0.717, 1.165) is 29.8 Å². The summed E-state index contributed by atoms with van der Waals surface area (Å²) in [6.07, 6.45) is 2.17. The van der Waals surface area contributed by atoms with Crippen molar-refractivity contribution in [3.63, 3.8) is 0 Å². The van der Waals surface area contributed by atoms with Crippen LogP contribution in [0.25, 0.3) is 11.3 Å². The van der Waals surface area contributed by atoms with Gasteiger partial charge in [0.1, 0.15) is 5.75 Å². The number of benzene rings is 1. The lowest BCUT2D eigenvalue weighted by molar-refractivity contribution is -0.117. The first-order valence-electron chi connectivity index (χ1n) is 7.15. The summed E-state index contributed by atoms with van der Waals surface area (Å²) in [5.74, 6) is 1.15. The molecule has 0 atom stereocenters. The van der Waals surface area contributed by atoms with E-state index in [1.54, 1.807) is 0 Å². The van der Waals surface area contributed by atoms with E-state index in [2.05, 4.69) is 10.3 Å². The van der Waals surface area contributed by atoms with Crippen molar-refractivity contribution < 1.29 is 9.53 Å². The lowest BCUT2D eigenvalue weighted by Gasteiger charge is -2.09. The van der Waals surface area contributed by atoms with Gasteiger partial charge < -0.3 is 10.1 Å². The standard InChI is InChI=1S/C16H18N2O2S/c1-10(2)20-13-7-5-11(6-8-13)14-9-21-16(17-14)18-15(19)12-3-4-12/h5-10,12H,3-4H2,1-2H3,(H,17,18,19). The fourth-order valence-electron chi connectivity index (χ4n) is 1.99. The number of anilines is 1. The monoisotopic (exact) mass is 302 g/mol. The van der Waals surface area contributed by atoms with E-state index in [0.29, 0.717) is 5.13 Å². The highest BCUT2D eigenvalue weighted by Gasteiger charge is 2.30. The maximum absolute atomic E-state index is 11.7. The van der Waals surface area contributed by atoms with Gasteiger partial charge in [-0.25, -0.2) is 4.98 Å². The topological polar surface area (TPSA) is 51.2 Å². The van der Waals surface area contributed by atoms with Crippen LogP contribution >= 0.6 is 11.3 Å². The summed E-state index contributed by atoms with van der Waals surface area (Å²) in [6.45, 7) is 4.01. The summed E-state index contributed by atoms with van der Waals surface area (Å²) in [5, 5.41) is 5.51. The van der Waals surface area contributed by atoms with Crippen molar-refractivity contribution in [2.45, 2.75) is 32.8 Å². The molecule has 2 aromatic rings. The quantitative estimate of drug-likeness (QED) is 0.910. The molecule has 1 fully saturated rings. The molecule has 110 valence electrons. The highest BCUT2D eigenvalue weighted by atomic mass is 32.1. The van der Waals surface area contributed by atoms with Gasteiger partial charge in [0.2, 0.25) is 5.91 Å². The van der Waals surface area contributed by atoms with Crippen molar-refractivity contribution in [3.8, 4) is 17.0 Å². The zero-order valence-electron chi connectivity index (χ0n) is 12.1. The first-order valence-corrected chi connectivity index (χ1v) is 8.03. The summed E-state index contributed by atoms with van der Waals surface area (Å²) in [7, 11) is 0. The predicted octanol–water partition coefficient (Wildman–Crippen LogP) is 3.95. The van der Waals surface area contributed by atoms with Crippen molar-refractivity contribution in [3.05, 3.63) is 29.6 Å². The van der Waals surface area contributed by atoms with Crippen molar-refractivity contribution in [1.82, 2.24) is 4.98 Å². The molecule has 5 heteroatoms. The Balaban J connectivity index is 1.68. The third-order valence-corrected chi connectivity index (χ3v) is 3.96. The molecule has 0 saturated heterocycles. The number of aromatic nitrogens is 1. The van der Waals surface area contributed by atoms with Gasteiger partial charge in [0.25, 0.3) is 0 Å². The van der Waals surface area contributed by atoms with Gasteiger partial charge in [-0.15, -0.1) is 11.3 Å². The SMILES string of the molecule is CC(C)Oc1ccc(-c2csc(NC(=O)C3CC3)n2)cc1. The number of hydrogen-bond donors (Lipinski definition) is 1. The highest BCUT2D eigenvalue weighted by Crippen LogP contribution is 2.32. The smallest absolute Gasteiger partial charge is 0.229 e. The molecule has 0 radical (unpaired) electrons. The van der Waals surface area contributed by atoms with E-state index < -0.39 is 0 Å². The first-order chi connectivity index (χ1) is 10.1. The van der Waals surface area contributed by atoms with Crippen LogP contribution in [0.3, 0.4) is 0 Å². The second-order valence-electron chi connectivity index (χ2n) is 5.49. The Morgan fingerprint density at radius 3 is 2.67 bits per heavy atom. The molecule has 1 aliphatic carbocycles. The average molecular weight is 302 g/mol. The van der Waals surface area contributed by atoms with Crippen molar-refractivity contribution >= 4 is 22.4 Å². The third kappa shape index (κ3) is 3.61. The molecule has 1 aliphatic rings. The van der Waals surface area contributed by atoms with Crippen LogP contribution in [0.15, 0.2) is 29.6 Å². The predicted molar refractivity (Wildman–Crippen MR) is 84.7 cm³/mol. The molecule has 21 heavy (non-hydrogen) atoms. The maximum Gasteiger partial charge on any atom is 0.229 e. The molecule has 1 heterocycles. The average Bonchev–Trinajstić information content (AvgIpc) is 3.20. The molecule has 0 bridgehead atoms. The number of thiazole rings is 1. The van der Waals surface area contributed by atoms with Gasteiger partial charge >= 0.3 is 0 Å². The number of rotatable bonds is 5. The second-order valence-corrected chi connectivity index (χ2v) is 6.35. The maximum atomic E-state index is 11.7. The first kappa shape index (κ1) is 14.1. The number of hydrogen-bond acceptors (Lipinski definition) is 4.